The molecule has 1 aromatic carbocycles. The molecule has 1 rings (SSSR count). The molecule has 0 atom stereocenters. The predicted octanol–water partition coefficient (Wildman–Crippen LogP) is 2.55. The van der Waals surface area contributed by atoms with Gasteiger partial charge in [-0.15, -0.1) is 0 Å². The summed E-state index contributed by atoms with van der Waals surface area (Å²) in [6, 6.07) is 4.12. The van der Waals surface area contributed by atoms with Crippen LogP contribution >= 0.6 is 15.9 Å². The lowest BCUT2D eigenvalue weighted by atomic mass is 9.92. The molecule has 0 aliphatic rings. The first-order valence-corrected chi connectivity index (χ1v) is 7.97. The van der Waals surface area contributed by atoms with Gasteiger partial charge in [0.1, 0.15) is 16.5 Å². The highest BCUT2D eigenvalue weighted by Crippen LogP contribution is 2.30. The summed E-state index contributed by atoms with van der Waals surface area (Å²) >= 11 is 3.09. The van der Waals surface area contributed by atoms with Gasteiger partial charge in [0, 0.05) is 6.07 Å². The van der Waals surface area contributed by atoms with E-state index in [1.54, 1.807) is 13.8 Å². The van der Waals surface area contributed by atoms with Crippen molar-refractivity contribution in [3.8, 4) is 11.8 Å². The Hall–Kier alpha value is -1.17. The number of nitrogens with two attached hydrogens (primary N) is 1. The van der Waals surface area contributed by atoms with Crippen LogP contribution in [0.25, 0.3) is 0 Å². The van der Waals surface area contributed by atoms with Crippen LogP contribution in [0.15, 0.2) is 21.5 Å². The molecule has 2 N–H and O–H groups in total. The van der Waals surface area contributed by atoms with E-state index in [1.165, 1.54) is 0 Å². The van der Waals surface area contributed by atoms with Crippen LogP contribution in [0.5, 0.6) is 5.75 Å². The topological polar surface area (TPSA) is 93.2 Å². The van der Waals surface area contributed by atoms with E-state index in [0.717, 1.165) is 12.1 Å². The predicted molar refractivity (Wildman–Crippen MR) is 75.0 cm³/mol. The summed E-state index contributed by atoms with van der Waals surface area (Å²) in [4.78, 5) is -0.603. The number of primary sulfonamides is 1. The number of hydrogen-bond acceptors (Lipinski definition) is 4. The zero-order chi connectivity index (χ0) is 15.6. The molecule has 0 spiro atoms. The molecule has 0 saturated carbocycles. The molecule has 20 heavy (non-hydrogen) atoms. The van der Waals surface area contributed by atoms with Gasteiger partial charge in [-0.05, 0) is 42.3 Å². The number of sulfonamides is 1. The molecule has 0 aliphatic heterocycles. The summed E-state index contributed by atoms with van der Waals surface area (Å²) < 4.78 is 41.5. The number of hydrogen-bond donors (Lipinski definition) is 1. The molecule has 110 valence electrons. The van der Waals surface area contributed by atoms with Gasteiger partial charge in [-0.25, -0.2) is 17.9 Å². The third-order valence-corrected chi connectivity index (χ3v) is 4.13. The molecule has 0 heterocycles. The van der Waals surface area contributed by atoms with Crippen LogP contribution in [0.1, 0.15) is 20.3 Å². The Kier molecular flexibility index (Phi) is 5.13. The Morgan fingerprint density at radius 2 is 2.10 bits per heavy atom. The summed E-state index contributed by atoms with van der Waals surface area (Å²) in [5.41, 5.74) is -0.550. The smallest absolute Gasteiger partial charge is 0.241 e. The van der Waals surface area contributed by atoms with Gasteiger partial charge in [-0.2, -0.15) is 5.26 Å². The summed E-state index contributed by atoms with van der Waals surface area (Å²) in [6.07, 6.45) is 0.453. The fourth-order valence-corrected chi connectivity index (χ4v) is 2.53. The maximum absolute atomic E-state index is 13.6. The molecule has 0 radical (unpaired) electrons. The van der Waals surface area contributed by atoms with E-state index in [2.05, 4.69) is 22.0 Å². The van der Waals surface area contributed by atoms with Gasteiger partial charge in [0.05, 0.1) is 22.6 Å². The molecule has 5 nitrogen and oxygen atoms in total. The normalized spacial score (nSPS) is 12.0. The van der Waals surface area contributed by atoms with Gasteiger partial charge in [0.2, 0.25) is 10.0 Å². The van der Waals surface area contributed by atoms with Gasteiger partial charge in [-0.1, -0.05) is 0 Å². The van der Waals surface area contributed by atoms with Crippen LogP contribution in [-0.2, 0) is 10.0 Å². The number of nitrogens with zero attached hydrogens (tertiary/aromatic N) is 1. The van der Waals surface area contributed by atoms with Gasteiger partial charge >= 0.3 is 0 Å². The summed E-state index contributed by atoms with van der Waals surface area (Å²) in [5, 5.41) is 13.7. The van der Waals surface area contributed by atoms with Crippen LogP contribution in [0.4, 0.5) is 4.39 Å². The molecular formula is C12H14BrFN2O3S. The monoisotopic (exact) mass is 364 g/mol. The minimum atomic E-state index is -4.12. The second-order valence-corrected chi connectivity index (χ2v) is 7.24. The first kappa shape index (κ1) is 16.9. The quantitative estimate of drug-likeness (QED) is 0.868. The fourth-order valence-electron chi connectivity index (χ4n) is 1.31. The molecule has 0 amide bonds. The molecule has 0 bridgehead atoms. The molecule has 0 fully saturated rings. The third-order valence-electron chi connectivity index (χ3n) is 2.58. The van der Waals surface area contributed by atoms with Crippen molar-refractivity contribution in [2.75, 3.05) is 6.61 Å². The van der Waals surface area contributed by atoms with Crippen molar-refractivity contribution in [3.63, 3.8) is 0 Å². The van der Waals surface area contributed by atoms with Gasteiger partial charge in [0.25, 0.3) is 0 Å². The number of ether oxygens (including phenoxy) is 1. The van der Waals surface area contributed by atoms with Crippen LogP contribution in [0.2, 0.25) is 0 Å². The zero-order valence-corrected chi connectivity index (χ0v) is 13.4. The lowest BCUT2D eigenvalue weighted by molar-refractivity contribution is 0.262. The van der Waals surface area contributed by atoms with E-state index in [0.29, 0.717) is 6.42 Å². The maximum atomic E-state index is 13.6. The van der Waals surface area contributed by atoms with Crippen molar-refractivity contribution in [1.82, 2.24) is 0 Å². The van der Waals surface area contributed by atoms with E-state index in [1.807, 2.05) is 0 Å². The van der Waals surface area contributed by atoms with E-state index in [-0.39, 0.29) is 16.8 Å². The highest BCUT2D eigenvalue weighted by Gasteiger charge is 2.19. The number of nitriles is 1. The first-order valence-electron chi connectivity index (χ1n) is 5.63. The van der Waals surface area contributed by atoms with Crippen molar-refractivity contribution >= 4 is 26.0 Å². The molecule has 0 saturated heterocycles. The number of rotatable bonds is 5. The molecule has 0 aliphatic carbocycles. The minimum Gasteiger partial charge on any atom is -0.492 e. The Bertz CT molecular complexity index is 653. The Labute approximate surface area is 125 Å². The van der Waals surface area contributed by atoms with Crippen molar-refractivity contribution in [1.29, 1.82) is 5.26 Å². The Morgan fingerprint density at radius 1 is 1.50 bits per heavy atom. The van der Waals surface area contributed by atoms with Crippen molar-refractivity contribution < 1.29 is 17.5 Å². The lowest BCUT2D eigenvalue weighted by Gasteiger charge is -2.16. The summed E-state index contributed by atoms with van der Waals surface area (Å²) in [6.45, 7) is 3.72. The van der Waals surface area contributed by atoms with Crippen LogP contribution < -0.4 is 9.88 Å². The van der Waals surface area contributed by atoms with Gasteiger partial charge < -0.3 is 4.74 Å². The van der Waals surface area contributed by atoms with E-state index < -0.39 is 26.2 Å². The molecule has 1 aromatic rings. The lowest BCUT2D eigenvalue weighted by Crippen LogP contribution is -2.15. The largest absolute Gasteiger partial charge is 0.492 e. The maximum Gasteiger partial charge on any atom is 0.241 e. The number of halogens is 2. The summed E-state index contributed by atoms with van der Waals surface area (Å²) in [5.74, 6) is -0.825. The average Bonchev–Trinajstić information content (AvgIpc) is 2.31. The molecule has 0 unspecified atom stereocenters. The minimum absolute atomic E-state index is 0.156. The Morgan fingerprint density at radius 3 is 2.60 bits per heavy atom. The zero-order valence-electron chi connectivity index (χ0n) is 11.0. The van der Waals surface area contributed by atoms with Crippen LogP contribution in [0.3, 0.4) is 0 Å². The second kappa shape index (κ2) is 6.08. The van der Waals surface area contributed by atoms with E-state index in [4.69, 9.17) is 15.1 Å². The van der Waals surface area contributed by atoms with Crippen molar-refractivity contribution in [3.05, 3.63) is 22.4 Å². The fraction of sp³-hybridized carbons (Fsp3) is 0.417. The SMILES string of the molecule is CC(C)(C#N)CCOc1cc(F)c(S(N)(=O)=O)cc1Br. The molecule has 0 aromatic heterocycles. The third kappa shape index (κ3) is 4.44. The van der Waals surface area contributed by atoms with E-state index in [9.17, 15) is 12.8 Å². The molecular weight excluding hydrogens is 351 g/mol. The van der Waals surface area contributed by atoms with Crippen molar-refractivity contribution in [2.45, 2.75) is 25.2 Å². The van der Waals surface area contributed by atoms with E-state index >= 15 is 0 Å². The summed E-state index contributed by atoms with van der Waals surface area (Å²) in [7, 11) is -4.12. The standard InChI is InChI=1S/C12H14BrFN2O3S/c1-12(2,7-15)3-4-19-10-6-9(14)11(5-8(10)13)20(16,17)18/h5-6H,3-4H2,1-2H3,(H2,16,17,18). The second-order valence-electron chi connectivity index (χ2n) is 4.85. The first-order chi connectivity index (χ1) is 9.07. The number of benzene rings is 1. The highest BCUT2D eigenvalue weighted by molar-refractivity contribution is 9.10. The Balaban J connectivity index is 2.90. The highest BCUT2D eigenvalue weighted by atomic mass is 79.9. The van der Waals surface area contributed by atoms with Gasteiger partial charge in [0.15, 0.2) is 0 Å². The molecule has 8 heteroatoms. The van der Waals surface area contributed by atoms with Gasteiger partial charge in [-0.3, -0.25) is 0 Å². The van der Waals surface area contributed by atoms with Crippen molar-refractivity contribution in [2.24, 2.45) is 10.6 Å². The van der Waals surface area contributed by atoms with Crippen LogP contribution in [-0.4, -0.2) is 15.0 Å². The van der Waals surface area contributed by atoms with Crippen LogP contribution in [0, 0.1) is 22.6 Å². The average molecular weight is 365 g/mol.